The van der Waals surface area contributed by atoms with Crippen molar-refractivity contribution < 1.29 is 17.9 Å². The molecule has 1 heterocycles. The molecule has 0 aromatic heterocycles. The summed E-state index contributed by atoms with van der Waals surface area (Å²) in [5.41, 5.74) is 0.870. The summed E-state index contributed by atoms with van der Waals surface area (Å²) in [6.45, 7) is 5.07. The van der Waals surface area contributed by atoms with Gasteiger partial charge in [0.1, 0.15) is 0 Å². The van der Waals surface area contributed by atoms with E-state index in [-0.39, 0.29) is 10.8 Å². The molecule has 0 spiro atoms. The van der Waals surface area contributed by atoms with E-state index in [0.29, 0.717) is 17.3 Å². The number of nitrogens with one attached hydrogen (secondary N) is 2. The van der Waals surface area contributed by atoms with Crippen LogP contribution in [0.15, 0.2) is 53.4 Å². The highest BCUT2D eigenvalue weighted by Crippen LogP contribution is 2.48. The minimum absolute atomic E-state index is 0.0500. The Labute approximate surface area is 194 Å². The zero-order chi connectivity index (χ0) is 22.6. The van der Waals surface area contributed by atoms with Crippen molar-refractivity contribution in [2.45, 2.75) is 29.6 Å². The summed E-state index contributed by atoms with van der Waals surface area (Å²) in [4.78, 5) is 15.3. The second-order valence-corrected chi connectivity index (χ2v) is 10.4. The van der Waals surface area contributed by atoms with Crippen LogP contribution < -0.4 is 10.0 Å². The molecular weight excluding hydrogens is 450 g/mol. The summed E-state index contributed by atoms with van der Waals surface area (Å²) in [6, 6.07) is 13.1. The van der Waals surface area contributed by atoms with Gasteiger partial charge in [0.25, 0.3) is 10.0 Å². The predicted octanol–water partition coefficient (Wildman–Crippen LogP) is 3.01. The molecule has 172 valence electrons. The number of hydrogen-bond donors (Lipinski definition) is 2. The first-order valence-electron chi connectivity index (χ1n) is 10.9. The normalized spacial score (nSPS) is 18.2. The van der Waals surface area contributed by atoms with E-state index in [4.69, 9.17) is 16.3 Å². The number of morpholine rings is 1. The summed E-state index contributed by atoms with van der Waals surface area (Å²) in [7, 11) is -3.70. The number of anilines is 1. The molecule has 32 heavy (non-hydrogen) atoms. The van der Waals surface area contributed by atoms with E-state index >= 15 is 0 Å². The van der Waals surface area contributed by atoms with Crippen molar-refractivity contribution in [3.8, 4) is 0 Å². The van der Waals surface area contributed by atoms with Crippen molar-refractivity contribution in [1.29, 1.82) is 0 Å². The lowest BCUT2D eigenvalue weighted by atomic mass is 9.95. The van der Waals surface area contributed by atoms with Gasteiger partial charge in [-0.2, -0.15) is 0 Å². The van der Waals surface area contributed by atoms with Gasteiger partial charge < -0.3 is 10.1 Å². The lowest BCUT2D eigenvalue weighted by Crippen LogP contribution is -2.39. The third kappa shape index (κ3) is 5.43. The summed E-state index contributed by atoms with van der Waals surface area (Å²) >= 11 is 5.83. The Bertz CT molecular complexity index is 1030. The van der Waals surface area contributed by atoms with Crippen LogP contribution in [0.1, 0.15) is 24.8 Å². The Balaban J connectivity index is 1.31. The first-order chi connectivity index (χ1) is 15.4. The van der Waals surface area contributed by atoms with Crippen molar-refractivity contribution in [1.82, 2.24) is 10.2 Å². The quantitative estimate of drug-likeness (QED) is 0.542. The number of hydrogen-bond acceptors (Lipinski definition) is 5. The van der Waals surface area contributed by atoms with Crippen molar-refractivity contribution in [2.24, 2.45) is 0 Å². The predicted molar refractivity (Wildman–Crippen MR) is 125 cm³/mol. The fraction of sp³-hybridized carbons (Fsp3) is 0.435. The zero-order valence-electron chi connectivity index (χ0n) is 17.8. The molecule has 2 aromatic rings. The van der Waals surface area contributed by atoms with E-state index in [1.165, 1.54) is 24.3 Å². The van der Waals surface area contributed by atoms with Gasteiger partial charge in [0, 0.05) is 30.3 Å². The molecule has 2 N–H and O–H groups in total. The number of halogens is 1. The molecule has 2 aliphatic rings. The number of nitrogens with zero attached hydrogens (tertiary/aromatic N) is 1. The summed E-state index contributed by atoms with van der Waals surface area (Å²) in [5.74, 6) is 0.0500. The van der Waals surface area contributed by atoms with E-state index < -0.39 is 15.4 Å². The number of ether oxygens (including phenoxy) is 1. The smallest absolute Gasteiger partial charge is 0.261 e. The molecule has 1 aliphatic carbocycles. The number of rotatable bonds is 9. The molecule has 0 radical (unpaired) electrons. The van der Waals surface area contributed by atoms with E-state index in [1.54, 1.807) is 12.1 Å². The van der Waals surface area contributed by atoms with Gasteiger partial charge in [-0.15, -0.1) is 0 Å². The second kappa shape index (κ2) is 9.79. The Kier molecular flexibility index (Phi) is 7.05. The maximum Gasteiger partial charge on any atom is 0.261 e. The van der Waals surface area contributed by atoms with Crippen molar-refractivity contribution in [2.75, 3.05) is 44.1 Å². The molecule has 2 fully saturated rings. The van der Waals surface area contributed by atoms with Crippen LogP contribution in [0, 0.1) is 0 Å². The van der Waals surface area contributed by atoms with Crippen molar-refractivity contribution in [3.05, 3.63) is 59.1 Å². The van der Waals surface area contributed by atoms with Gasteiger partial charge in [-0.05, 0) is 67.8 Å². The van der Waals surface area contributed by atoms with E-state index in [2.05, 4.69) is 14.9 Å². The minimum atomic E-state index is -3.70. The largest absolute Gasteiger partial charge is 0.379 e. The lowest BCUT2D eigenvalue weighted by molar-refractivity contribution is -0.123. The Morgan fingerprint density at radius 1 is 1.03 bits per heavy atom. The monoisotopic (exact) mass is 477 g/mol. The summed E-state index contributed by atoms with van der Waals surface area (Å²) in [5, 5.41) is 3.56. The number of amides is 1. The standard InChI is InChI=1S/C23H28ClN3O4S/c24-19-4-8-21(9-5-19)32(29,30)26-20-6-2-18(3-7-20)23(10-11-23)22(28)25-12-1-13-27-14-16-31-17-15-27/h2-9,26H,1,10-17H2,(H,25,28). The van der Waals surface area contributed by atoms with Gasteiger partial charge in [-0.1, -0.05) is 23.7 Å². The molecule has 0 unspecified atom stereocenters. The SMILES string of the molecule is O=C(NCCCN1CCOCC1)C1(c2ccc(NS(=O)(=O)c3ccc(Cl)cc3)cc2)CC1. The first-order valence-corrected chi connectivity index (χ1v) is 12.7. The van der Waals surface area contributed by atoms with E-state index in [1.807, 2.05) is 12.1 Å². The maximum atomic E-state index is 12.8. The molecule has 0 bridgehead atoms. The highest BCUT2D eigenvalue weighted by molar-refractivity contribution is 7.92. The van der Waals surface area contributed by atoms with Crippen LogP contribution in [0.4, 0.5) is 5.69 Å². The number of carbonyl (C=O) groups is 1. The maximum absolute atomic E-state index is 12.8. The molecule has 0 atom stereocenters. The number of benzene rings is 2. The number of carbonyl (C=O) groups excluding carboxylic acids is 1. The molecule has 1 aliphatic heterocycles. The fourth-order valence-corrected chi connectivity index (χ4v) is 5.14. The molecule has 9 heteroatoms. The topological polar surface area (TPSA) is 87.7 Å². The van der Waals surface area contributed by atoms with Crippen molar-refractivity contribution in [3.63, 3.8) is 0 Å². The van der Waals surface area contributed by atoms with Crippen LogP contribution in [-0.4, -0.2) is 58.6 Å². The molecule has 7 nitrogen and oxygen atoms in total. The van der Waals surface area contributed by atoms with Crippen LogP contribution in [0.2, 0.25) is 5.02 Å². The third-order valence-corrected chi connectivity index (χ3v) is 7.69. The van der Waals surface area contributed by atoms with Crippen LogP contribution in [0.5, 0.6) is 0 Å². The Morgan fingerprint density at radius 2 is 1.69 bits per heavy atom. The highest BCUT2D eigenvalue weighted by atomic mass is 35.5. The molecule has 1 saturated carbocycles. The second-order valence-electron chi connectivity index (χ2n) is 8.28. The zero-order valence-corrected chi connectivity index (χ0v) is 19.4. The average molecular weight is 478 g/mol. The summed E-state index contributed by atoms with van der Waals surface area (Å²) < 4.78 is 33.0. The average Bonchev–Trinajstić information content (AvgIpc) is 3.60. The molecule has 1 amide bonds. The van der Waals surface area contributed by atoms with Crippen LogP contribution in [-0.2, 0) is 25.0 Å². The van der Waals surface area contributed by atoms with E-state index in [0.717, 1.165) is 57.7 Å². The highest BCUT2D eigenvalue weighted by Gasteiger charge is 2.51. The van der Waals surface area contributed by atoms with Gasteiger partial charge >= 0.3 is 0 Å². The van der Waals surface area contributed by atoms with Gasteiger partial charge in [0.05, 0.1) is 23.5 Å². The van der Waals surface area contributed by atoms with Gasteiger partial charge in [-0.3, -0.25) is 14.4 Å². The molecule has 2 aromatic carbocycles. The molecule has 4 rings (SSSR count). The minimum Gasteiger partial charge on any atom is -0.379 e. The van der Waals surface area contributed by atoms with Gasteiger partial charge in [-0.25, -0.2) is 8.42 Å². The van der Waals surface area contributed by atoms with Gasteiger partial charge in [0.2, 0.25) is 5.91 Å². The first kappa shape index (κ1) is 23.0. The fourth-order valence-electron chi connectivity index (χ4n) is 3.96. The molecule has 1 saturated heterocycles. The Morgan fingerprint density at radius 3 is 2.31 bits per heavy atom. The lowest BCUT2D eigenvalue weighted by Gasteiger charge is -2.26. The Hall–Kier alpha value is -2.13. The van der Waals surface area contributed by atoms with Crippen LogP contribution >= 0.6 is 11.6 Å². The van der Waals surface area contributed by atoms with Gasteiger partial charge in [0.15, 0.2) is 0 Å². The van der Waals surface area contributed by atoms with Crippen LogP contribution in [0.3, 0.4) is 0 Å². The molecular formula is C23H28ClN3O4S. The van der Waals surface area contributed by atoms with Crippen molar-refractivity contribution >= 4 is 33.2 Å². The summed E-state index contributed by atoms with van der Waals surface area (Å²) in [6.07, 6.45) is 2.52. The van der Waals surface area contributed by atoms with Crippen LogP contribution in [0.25, 0.3) is 0 Å². The number of sulfonamides is 1. The van der Waals surface area contributed by atoms with E-state index in [9.17, 15) is 13.2 Å². The third-order valence-electron chi connectivity index (χ3n) is 6.04.